The van der Waals surface area contributed by atoms with E-state index in [1.165, 1.54) is 6.07 Å². The number of nitrogens with zero attached hydrogens (tertiary/aromatic N) is 1. The highest BCUT2D eigenvalue weighted by molar-refractivity contribution is 6.02. The number of carbonyl (C=O) groups is 1. The van der Waals surface area contributed by atoms with Crippen LogP contribution in [-0.2, 0) is 6.54 Å². The summed E-state index contributed by atoms with van der Waals surface area (Å²) in [4.78, 5) is 14.4. The Labute approximate surface area is 139 Å². The molecular formula is C20H17NO3. The molecule has 0 spiro atoms. The van der Waals surface area contributed by atoms with Crippen molar-refractivity contribution in [3.63, 3.8) is 0 Å². The average molecular weight is 319 g/mol. The molecule has 2 N–H and O–H groups in total. The van der Waals surface area contributed by atoms with Crippen LogP contribution in [0, 0.1) is 0 Å². The maximum Gasteiger partial charge on any atom is 0.258 e. The van der Waals surface area contributed by atoms with E-state index in [-0.39, 0.29) is 29.0 Å². The van der Waals surface area contributed by atoms with Gasteiger partial charge in [0.25, 0.3) is 5.91 Å². The molecule has 1 amide bonds. The molecule has 4 nitrogen and oxygen atoms in total. The summed E-state index contributed by atoms with van der Waals surface area (Å²) in [6.07, 6.45) is 0. The van der Waals surface area contributed by atoms with E-state index in [4.69, 9.17) is 0 Å². The van der Waals surface area contributed by atoms with Gasteiger partial charge in [0.15, 0.2) is 11.5 Å². The highest BCUT2D eigenvalue weighted by Crippen LogP contribution is 2.39. The van der Waals surface area contributed by atoms with Crippen LogP contribution in [0.3, 0.4) is 0 Å². The van der Waals surface area contributed by atoms with Gasteiger partial charge in [-0.25, -0.2) is 0 Å². The summed E-state index contributed by atoms with van der Waals surface area (Å²) in [6, 6.07) is 17.3. The number of carbonyl (C=O) groups excluding carboxylic acids is 1. The minimum absolute atomic E-state index is 0.129. The Hall–Kier alpha value is -3.01. The second-order valence-electron chi connectivity index (χ2n) is 6.18. The van der Waals surface area contributed by atoms with Crippen molar-refractivity contribution in [2.75, 3.05) is 0 Å². The van der Waals surface area contributed by atoms with Gasteiger partial charge in [0.1, 0.15) is 0 Å². The summed E-state index contributed by atoms with van der Waals surface area (Å²) < 4.78 is 0. The number of amides is 1. The zero-order chi connectivity index (χ0) is 16.8. The number of hydrogen-bond donors (Lipinski definition) is 2. The van der Waals surface area contributed by atoms with Gasteiger partial charge in [-0.3, -0.25) is 4.79 Å². The fourth-order valence-corrected chi connectivity index (χ4v) is 3.35. The molecule has 0 aromatic heterocycles. The van der Waals surface area contributed by atoms with Gasteiger partial charge in [-0.2, -0.15) is 0 Å². The van der Waals surface area contributed by atoms with Gasteiger partial charge in [-0.05, 0) is 41.0 Å². The Morgan fingerprint density at radius 2 is 1.75 bits per heavy atom. The predicted octanol–water partition coefficient (Wildman–Crippen LogP) is 3.97. The van der Waals surface area contributed by atoms with E-state index >= 15 is 0 Å². The quantitative estimate of drug-likeness (QED) is 0.703. The van der Waals surface area contributed by atoms with Crippen molar-refractivity contribution in [3.8, 4) is 11.5 Å². The molecule has 4 heteroatoms. The SMILES string of the molecule is CC(c1ccc2ccccc2c1)N1Cc2ccc(O)c(O)c2C1=O. The zero-order valence-corrected chi connectivity index (χ0v) is 13.2. The van der Waals surface area contributed by atoms with Crippen LogP contribution in [0.5, 0.6) is 11.5 Å². The molecule has 0 bridgehead atoms. The number of hydrogen-bond acceptors (Lipinski definition) is 3. The molecule has 1 heterocycles. The monoisotopic (exact) mass is 319 g/mol. The van der Waals surface area contributed by atoms with Crippen LogP contribution < -0.4 is 0 Å². The molecule has 24 heavy (non-hydrogen) atoms. The first kappa shape index (κ1) is 14.6. The van der Waals surface area contributed by atoms with Crippen LogP contribution in [0.4, 0.5) is 0 Å². The summed E-state index contributed by atoms with van der Waals surface area (Å²) in [6.45, 7) is 2.40. The molecule has 0 saturated carbocycles. The molecule has 1 aliphatic heterocycles. The Kier molecular flexibility index (Phi) is 3.20. The molecule has 0 radical (unpaired) electrons. The molecule has 1 atom stereocenters. The third-order valence-electron chi connectivity index (χ3n) is 4.78. The number of benzene rings is 3. The second kappa shape index (κ2) is 5.27. The van der Waals surface area contributed by atoms with Crippen molar-refractivity contribution >= 4 is 16.7 Å². The van der Waals surface area contributed by atoms with Crippen molar-refractivity contribution < 1.29 is 15.0 Å². The van der Waals surface area contributed by atoms with Crippen molar-refractivity contribution in [1.82, 2.24) is 4.90 Å². The lowest BCUT2D eigenvalue weighted by atomic mass is 10.0. The zero-order valence-electron chi connectivity index (χ0n) is 13.2. The maximum atomic E-state index is 12.7. The maximum absolute atomic E-state index is 12.7. The number of aromatic hydroxyl groups is 2. The smallest absolute Gasteiger partial charge is 0.258 e. The van der Waals surface area contributed by atoms with Gasteiger partial charge in [0, 0.05) is 6.54 Å². The lowest BCUT2D eigenvalue weighted by Crippen LogP contribution is -2.27. The first-order valence-electron chi connectivity index (χ1n) is 7.90. The number of phenolic OH excluding ortho intramolecular Hbond substituents is 2. The van der Waals surface area contributed by atoms with E-state index in [1.54, 1.807) is 11.0 Å². The molecule has 3 aromatic carbocycles. The van der Waals surface area contributed by atoms with Gasteiger partial charge in [0.2, 0.25) is 0 Å². The molecule has 0 saturated heterocycles. The van der Waals surface area contributed by atoms with Gasteiger partial charge in [-0.15, -0.1) is 0 Å². The van der Waals surface area contributed by atoms with Crippen LogP contribution in [-0.4, -0.2) is 21.0 Å². The van der Waals surface area contributed by atoms with E-state index in [0.717, 1.165) is 21.9 Å². The molecule has 120 valence electrons. The lowest BCUT2D eigenvalue weighted by Gasteiger charge is -2.25. The fourth-order valence-electron chi connectivity index (χ4n) is 3.35. The second-order valence-corrected chi connectivity index (χ2v) is 6.18. The van der Waals surface area contributed by atoms with Crippen molar-refractivity contribution in [2.24, 2.45) is 0 Å². The third kappa shape index (κ3) is 2.11. The molecule has 0 fully saturated rings. The number of phenols is 2. The van der Waals surface area contributed by atoms with E-state index in [0.29, 0.717) is 6.54 Å². The van der Waals surface area contributed by atoms with E-state index in [9.17, 15) is 15.0 Å². The first-order chi connectivity index (χ1) is 11.6. The molecule has 4 rings (SSSR count). The Morgan fingerprint density at radius 1 is 1.00 bits per heavy atom. The minimum Gasteiger partial charge on any atom is -0.504 e. The summed E-state index contributed by atoms with van der Waals surface area (Å²) in [5.74, 6) is -0.841. The minimum atomic E-state index is -0.328. The van der Waals surface area contributed by atoms with Crippen LogP contribution in [0.2, 0.25) is 0 Å². The molecule has 0 aliphatic carbocycles. The first-order valence-corrected chi connectivity index (χ1v) is 7.90. The fraction of sp³-hybridized carbons (Fsp3) is 0.150. The summed E-state index contributed by atoms with van der Waals surface area (Å²) in [5.41, 5.74) is 1.99. The lowest BCUT2D eigenvalue weighted by molar-refractivity contribution is 0.0713. The highest BCUT2D eigenvalue weighted by atomic mass is 16.3. The van der Waals surface area contributed by atoms with Gasteiger partial charge in [-0.1, -0.05) is 42.5 Å². The van der Waals surface area contributed by atoms with Gasteiger partial charge < -0.3 is 15.1 Å². The summed E-state index contributed by atoms with van der Waals surface area (Å²) in [5, 5.41) is 21.9. The number of fused-ring (bicyclic) bond motifs is 2. The van der Waals surface area contributed by atoms with Crippen molar-refractivity contribution in [3.05, 3.63) is 71.3 Å². The normalized spacial score (nSPS) is 14.9. The van der Waals surface area contributed by atoms with E-state index < -0.39 is 0 Å². The molecular weight excluding hydrogens is 302 g/mol. The van der Waals surface area contributed by atoms with Crippen LogP contribution in [0.15, 0.2) is 54.6 Å². The van der Waals surface area contributed by atoms with Gasteiger partial charge >= 0.3 is 0 Å². The molecule has 1 aliphatic rings. The Bertz CT molecular complexity index is 964. The van der Waals surface area contributed by atoms with Gasteiger partial charge in [0.05, 0.1) is 11.6 Å². The van der Waals surface area contributed by atoms with E-state index in [1.807, 2.05) is 25.1 Å². The van der Waals surface area contributed by atoms with Crippen molar-refractivity contribution in [2.45, 2.75) is 19.5 Å². The predicted molar refractivity (Wildman–Crippen MR) is 92.0 cm³/mol. The van der Waals surface area contributed by atoms with Crippen LogP contribution >= 0.6 is 0 Å². The highest BCUT2D eigenvalue weighted by Gasteiger charge is 2.34. The Balaban J connectivity index is 1.71. The van der Waals surface area contributed by atoms with Crippen molar-refractivity contribution in [1.29, 1.82) is 0 Å². The molecule has 3 aromatic rings. The standard InChI is InChI=1S/C20H17NO3/c1-12(14-7-6-13-4-2-3-5-15(13)10-14)21-11-16-8-9-17(22)19(23)18(16)20(21)24/h2-10,12,22-23H,11H2,1H3. The third-order valence-corrected chi connectivity index (χ3v) is 4.78. The van der Waals surface area contributed by atoms with Crippen LogP contribution in [0.25, 0.3) is 10.8 Å². The summed E-state index contributed by atoms with van der Waals surface area (Å²) >= 11 is 0. The van der Waals surface area contributed by atoms with Crippen LogP contribution in [0.1, 0.15) is 34.5 Å². The summed E-state index contributed by atoms with van der Waals surface area (Å²) in [7, 11) is 0. The largest absolute Gasteiger partial charge is 0.504 e. The number of rotatable bonds is 2. The van der Waals surface area contributed by atoms with E-state index in [2.05, 4.69) is 24.3 Å². The topological polar surface area (TPSA) is 60.8 Å². The Morgan fingerprint density at radius 3 is 2.54 bits per heavy atom. The average Bonchev–Trinajstić information content (AvgIpc) is 2.94. The molecule has 1 unspecified atom stereocenters.